The van der Waals surface area contributed by atoms with E-state index in [0.717, 1.165) is 6.42 Å². The van der Waals surface area contributed by atoms with Crippen molar-refractivity contribution in [3.8, 4) is 0 Å². The van der Waals surface area contributed by atoms with Crippen LogP contribution in [0.15, 0.2) is 0 Å². The van der Waals surface area contributed by atoms with Crippen LogP contribution in [0.5, 0.6) is 0 Å². The monoisotopic (exact) mass is 143 g/mol. The summed E-state index contributed by atoms with van der Waals surface area (Å²) in [6.07, 6.45) is 1.08. The Hall–Kier alpha value is -0.0400. The van der Waals surface area contributed by atoms with Crippen molar-refractivity contribution in [3.05, 3.63) is 0 Å². The summed E-state index contributed by atoms with van der Waals surface area (Å²) < 4.78 is 0. The fourth-order valence-corrected chi connectivity index (χ4v) is 0.996. The van der Waals surface area contributed by atoms with Crippen LogP contribution >= 0.6 is 0 Å². The molecule has 1 heteroatoms. The van der Waals surface area contributed by atoms with Gasteiger partial charge in [-0.15, -0.1) is 0 Å². The molecule has 0 aliphatic carbocycles. The molecule has 0 heterocycles. The Labute approximate surface area is 65.0 Å². The van der Waals surface area contributed by atoms with Gasteiger partial charge in [-0.05, 0) is 17.8 Å². The van der Waals surface area contributed by atoms with Crippen molar-refractivity contribution < 1.29 is 0 Å². The quantitative estimate of drug-likeness (QED) is 0.631. The largest absolute Gasteiger partial charge is 0.327 e. The van der Waals surface area contributed by atoms with Gasteiger partial charge in [0.2, 0.25) is 0 Å². The molecule has 0 aromatic heterocycles. The van der Waals surface area contributed by atoms with Crippen molar-refractivity contribution in [2.45, 2.75) is 47.1 Å². The van der Waals surface area contributed by atoms with E-state index in [2.05, 4.69) is 34.6 Å². The molecule has 0 fully saturated rings. The van der Waals surface area contributed by atoms with Gasteiger partial charge >= 0.3 is 0 Å². The summed E-state index contributed by atoms with van der Waals surface area (Å²) in [6.45, 7) is 11.1. The van der Waals surface area contributed by atoms with Crippen molar-refractivity contribution in [2.24, 2.45) is 17.1 Å². The maximum Gasteiger partial charge on any atom is 0.00668 e. The average molecular weight is 143 g/mol. The highest BCUT2D eigenvalue weighted by Crippen LogP contribution is 2.28. The van der Waals surface area contributed by atoms with Gasteiger partial charge in [-0.25, -0.2) is 0 Å². The lowest BCUT2D eigenvalue weighted by atomic mass is 9.77. The molecule has 0 bridgehead atoms. The van der Waals surface area contributed by atoms with Crippen LogP contribution in [0.4, 0.5) is 0 Å². The van der Waals surface area contributed by atoms with Gasteiger partial charge < -0.3 is 5.73 Å². The van der Waals surface area contributed by atoms with Gasteiger partial charge in [0.1, 0.15) is 0 Å². The predicted octanol–water partition coefficient (Wildman–Crippen LogP) is 2.41. The van der Waals surface area contributed by atoms with Gasteiger partial charge in [-0.3, -0.25) is 0 Å². The maximum atomic E-state index is 5.90. The Morgan fingerprint density at radius 3 is 1.80 bits per heavy atom. The van der Waals surface area contributed by atoms with E-state index in [-0.39, 0.29) is 0 Å². The number of hydrogen-bond donors (Lipinski definition) is 1. The molecule has 1 nitrogen and oxygen atoms in total. The minimum Gasteiger partial charge on any atom is -0.327 e. The topological polar surface area (TPSA) is 26.0 Å². The minimum absolute atomic E-state index is 0.357. The van der Waals surface area contributed by atoms with Crippen LogP contribution < -0.4 is 5.73 Å². The Morgan fingerprint density at radius 1 is 1.30 bits per heavy atom. The predicted molar refractivity (Wildman–Crippen MR) is 46.9 cm³/mol. The molecular weight excluding hydrogens is 122 g/mol. The molecule has 0 rings (SSSR count). The molecule has 2 N–H and O–H groups in total. The summed E-state index contributed by atoms with van der Waals surface area (Å²) in [5.74, 6) is 0.609. The molecule has 0 amide bonds. The van der Waals surface area contributed by atoms with Crippen LogP contribution in [0.2, 0.25) is 0 Å². The van der Waals surface area contributed by atoms with E-state index in [1.807, 2.05) is 0 Å². The Balaban J connectivity index is 3.94. The SMILES string of the molecule is CCC(N)C(C)C(C)(C)C. The third-order valence-electron chi connectivity index (χ3n) is 2.48. The van der Waals surface area contributed by atoms with Gasteiger partial charge in [-0.2, -0.15) is 0 Å². The van der Waals surface area contributed by atoms with E-state index < -0.39 is 0 Å². The second kappa shape index (κ2) is 3.38. The van der Waals surface area contributed by atoms with Crippen LogP contribution in [-0.2, 0) is 0 Å². The zero-order valence-electron chi connectivity index (χ0n) is 7.94. The number of rotatable bonds is 2. The first-order chi connectivity index (χ1) is 4.39. The fourth-order valence-electron chi connectivity index (χ4n) is 0.996. The molecule has 0 spiro atoms. The van der Waals surface area contributed by atoms with Crippen molar-refractivity contribution in [2.75, 3.05) is 0 Å². The van der Waals surface area contributed by atoms with Crippen molar-refractivity contribution in [1.82, 2.24) is 0 Å². The van der Waals surface area contributed by atoms with Crippen LogP contribution in [0.25, 0.3) is 0 Å². The van der Waals surface area contributed by atoms with Crippen LogP contribution in [0.1, 0.15) is 41.0 Å². The lowest BCUT2D eigenvalue weighted by Crippen LogP contribution is -2.35. The molecule has 0 saturated heterocycles. The van der Waals surface area contributed by atoms with Crippen LogP contribution in [0.3, 0.4) is 0 Å². The third kappa shape index (κ3) is 2.70. The van der Waals surface area contributed by atoms with E-state index in [1.54, 1.807) is 0 Å². The van der Waals surface area contributed by atoms with Gasteiger partial charge in [0.25, 0.3) is 0 Å². The second-order valence-electron chi connectivity index (χ2n) is 4.23. The van der Waals surface area contributed by atoms with E-state index in [4.69, 9.17) is 5.73 Å². The minimum atomic E-state index is 0.357. The van der Waals surface area contributed by atoms with Crippen LogP contribution in [0, 0.1) is 11.3 Å². The van der Waals surface area contributed by atoms with Crippen molar-refractivity contribution in [3.63, 3.8) is 0 Å². The summed E-state index contributed by atoms with van der Waals surface area (Å²) >= 11 is 0. The molecule has 2 unspecified atom stereocenters. The first kappa shape index (κ1) is 9.96. The Bertz CT molecular complexity index is 91.4. The molecule has 0 aliphatic heterocycles. The summed E-state index contributed by atoms with van der Waals surface area (Å²) in [7, 11) is 0. The zero-order valence-corrected chi connectivity index (χ0v) is 7.94. The molecule has 0 saturated carbocycles. The molecule has 0 aromatic carbocycles. The smallest absolute Gasteiger partial charge is 0.00668 e. The van der Waals surface area contributed by atoms with Gasteiger partial charge in [0.15, 0.2) is 0 Å². The van der Waals surface area contributed by atoms with Gasteiger partial charge in [-0.1, -0.05) is 34.6 Å². The first-order valence-corrected chi connectivity index (χ1v) is 4.15. The number of nitrogens with two attached hydrogens (primary N) is 1. The van der Waals surface area contributed by atoms with Crippen molar-refractivity contribution in [1.29, 1.82) is 0 Å². The van der Waals surface area contributed by atoms with E-state index >= 15 is 0 Å². The normalized spacial score (nSPS) is 18.6. The molecule has 0 aliphatic rings. The fraction of sp³-hybridized carbons (Fsp3) is 1.00. The van der Waals surface area contributed by atoms with E-state index in [1.165, 1.54) is 0 Å². The summed E-state index contributed by atoms with van der Waals surface area (Å²) in [5.41, 5.74) is 6.26. The Kier molecular flexibility index (Phi) is 3.37. The molecular formula is C9H21N. The highest BCUT2D eigenvalue weighted by molar-refractivity contribution is 4.78. The molecule has 2 atom stereocenters. The summed E-state index contributed by atoms with van der Waals surface area (Å²) in [5, 5.41) is 0. The molecule has 0 aromatic rings. The molecule has 10 heavy (non-hydrogen) atoms. The lowest BCUT2D eigenvalue weighted by molar-refractivity contribution is 0.218. The highest BCUT2D eigenvalue weighted by atomic mass is 14.6. The zero-order chi connectivity index (χ0) is 8.36. The summed E-state index contributed by atoms with van der Waals surface area (Å²) in [4.78, 5) is 0. The van der Waals surface area contributed by atoms with E-state index in [0.29, 0.717) is 17.4 Å². The average Bonchev–Trinajstić information content (AvgIpc) is 1.83. The highest BCUT2D eigenvalue weighted by Gasteiger charge is 2.24. The van der Waals surface area contributed by atoms with Gasteiger partial charge in [0, 0.05) is 6.04 Å². The third-order valence-corrected chi connectivity index (χ3v) is 2.48. The first-order valence-electron chi connectivity index (χ1n) is 4.15. The van der Waals surface area contributed by atoms with Crippen molar-refractivity contribution >= 4 is 0 Å². The molecule has 62 valence electrons. The second-order valence-corrected chi connectivity index (χ2v) is 4.23. The number of hydrogen-bond acceptors (Lipinski definition) is 1. The maximum absolute atomic E-state index is 5.90. The van der Waals surface area contributed by atoms with Gasteiger partial charge in [0.05, 0.1) is 0 Å². The standard InChI is InChI=1S/C9H21N/c1-6-8(10)7(2)9(3,4)5/h7-8H,6,10H2,1-5H3. The Morgan fingerprint density at radius 2 is 1.70 bits per heavy atom. The lowest BCUT2D eigenvalue weighted by Gasteiger charge is -2.31. The van der Waals surface area contributed by atoms with Crippen LogP contribution in [-0.4, -0.2) is 6.04 Å². The molecule has 0 radical (unpaired) electrons. The summed E-state index contributed by atoms with van der Waals surface area (Å²) in [6, 6.07) is 0.361. The van der Waals surface area contributed by atoms with E-state index in [9.17, 15) is 0 Å².